The molecular formula is C19H26N2O2. The standard InChI is InChI=1S/C19H26N2O2/c1-2-20-19(23)17-13-15-10-6-7-11-16(15)21(17)18(22)12-14-8-4-3-5-9-14/h6-7,10-11,14,17H,2-5,8-9,12-13H2,1H3,(H,20,23). The molecular weight excluding hydrogens is 288 g/mol. The van der Waals surface area contributed by atoms with E-state index >= 15 is 0 Å². The molecule has 0 aromatic heterocycles. The van der Waals surface area contributed by atoms with Crippen molar-refractivity contribution in [2.75, 3.05) is 11.4 Å². The van der Waals surface area contributed by atoms with E-state index in [4.69, 9.17) is 0 Å². The first-order valence-corrected chi connectivity index (χ1v) is 8.88. The maximum Gasteiger partial charge on any atom is 0.243 e. The number of nitrogens with zero attached hydrogens (tertiary/aromatic N) is 1. The second kappa shape index (κ2) is 7.16. The average Bonchev–Trinajstić information content (AvgIpc) is 2.95. The number of amides is 2. The molecule has 1 fully saturated rings. The molecule has 1 aromatic rings. The monoisotopic (exact) mass is 314 g/mol. The Morgan fingerprint density at radius 3 is 2.65 bits per heavy atom. The number of hydrogen-bond donors (Lipinski definition) is 1. The Morgan fingerprint density at radius 2 is 1.91 bits per heavy atom. The number of benzene rings is 1. The van der Waals surface area contributed by atoms with Gasteiger partial charge in [0.2, 0.25) is 11.8 Å². The van der Waals surface area contributed by atoms with Crippen LogP contribution in [-0.4, -0.2) is 24.4 Å². The molecule has 1 N–H and O–H groups in total. The molecule has 2 aliphatic rings. The number of carbonyl (C=O) groups is 2. The van der Waals surface area contributed by atoms with Crippen molar-refractivity contribution in [1.82, 2.24) is 5.32 Å². The second-order valence-electron chi connectivity index (χ2n) is 6.72. The van der Waals surface area contributed by atoms with E-state index in [2.05, 4.69) is 5.32 Å². The van der Waals surface area contributed by atoms with E-state index in [1.807, 2.05) is 31.2 Å². The van der Waals surface area contributed by atoms with Gasteiger partial charge in [-0.05, 0) is 37.3 Å². The molecule has 0 bridgehead atoms. The Hall–Kier alpha value is -1.84. The van der Waals surface area contributed by atoms with Crippen molar-refractivity contribution in [3.05, 3.63) is 29.8 Å². The van der Waals surface area contributed by atoms with E-state index in [-0.39, 0.29) is 17.9 Å². The van der Waals surface area contributed by atoms with Crippen LogP contribution in [-0.2, 0) is 16.0 Å². The number of hydrogen-bond acceptors (Lipinski definition) is 2. The van der Waals surface area contributed by atoms with Crippen molar-refractivity contribution in [1.29, 1.82) is 0 Å². The number of rotatable bonds is 4. The van der Waals surface area contributed by atoms with Crippen LogP contribution in [0.5, 0.6) is 0 Å². The van der Waals surface area contributed by atoms with Gasteiger partial charge in [0.25, 0.3) is 0 Å². The van der Waals surface area contributed by atoms with Crippen molar-refractivity contribution in [2.24, 2.45) is 5.92 Å². The highest BCUT2D eigenvalue weighted by atomic mass is 16.2. The van der Waals surface area contributed by atoms with Gasteiger partial charge >= 0.3 is 0 Å². The van der Waals surface area contributed by atoms with Crippen LogP contribution in [0.4, 0.5) is 5.69 Å². The van der Waals surface area contributed by atoms with Crippen molar-refractivity contribution < 1.29 is 9.59 Å². The molecule has 0 spiro atoms. The Balaban J connectivity index is 1.79. The minimum atomic E-state index is -0.386. The van der Waals surface area contributed by atoms with Crippen LogP contribution in [0.2, 0.25) is 0 Å². The maximum atomic E-state index is 12.9. The Bertz CT molecular complexity index is 578. The first-order chi connectivity index (χ1) is 11.2. The van der Waals surface area contributed by atoms with Crippen LogP contribution in [0.1, 0.15) is 51.0 Å². The van der Waals surface area contributed by atoms with Crippen LogP contribution in [0, 0.1) is 5.92 Å². The lowest BCUT2D eigenvalue weighted by atomic mass is 9.86. The predicted octanol–water partition coefficient (Wildman–Crippen LogP) is 3.05. The molecule has 1 aliphatic carbocycles. The number of fused-ring (bicyclic) bond motifs is 1. The van der Waals surface area contributed by atoms with Gasteiger partial charge in [0.05, 0.1) is 0 Å². The summed E-state index contributed by atoms with van der Waals surface area (Å²) < 4.78 is 0. The topological polar surface area (TPSA) is 49.4 Å². The molecule has 4 nitrogen and oxygen atoms in total. The molecule has 1 aliphatic heterocycles. The van der Waals surface area contributed by atoms with Crippen molar-refractivity contribution in [3.63, 3.8) is 0 Å². The van der Waals surface area contributed by atoms with Gasteiger partial charge in [0, 0.05) is 25.1 Å². The van der Waals surface area contributed by atoms with Gasteiger partial charge in [0.15, 0.2) is 0 Å². The van der Waals surface area contributed by atoms with Crippen molar-refractivity contribution in [2.45, 2.75) is 57.9 Å². The largest absolute Gasteiger partial charge is 0.355 e. The molecule has 1 aromatic carbocycles. The smallest absolute Gasteiger partial charge is 0.243 e. The summed E-state index contributed by atoms with van der Waals surface area (Å²) in [6.45, 7) is 2.50. The highest BCUT2D eigenvalue weighted by Gasteiger charge is 2.38. The zero-order chi connectivity index (χ0) is 16.2. The van der Waals surface area contributed by atoms with Gasteiger partial charge in [-0.1, -0.05) is 37.5 Å². The Labute approximate surface area is 138 Å². The molecule has 0 radical (unpaired) electrons. The number of carbonyl (C=O) groups excluding carboxylic acids is 2. The summed E-state index contributed by atoms with van der Waals surface area (Å²) in [6.07, 6.45) is 7.24. The normalized spacial score (nSPS) is 21.1. The van der Waals surface area contributed by atoms with Crippen molar-refractivity contribution >= 4 is 17.5 Å². The molecule has 1 saturated carbocycles. The van der Waals surface area contributed by atoms with Gasteiger partial charge in [0.1, 0.15) is 6.04 Å². The fourth-order valence-electron chi connectivity index (χ4n) is 3.93. The van der Waals surface area contributed by atoms with Crippen LogP contribution in [0.25, 0.3) is 0 Å². The third-order valence-corrected chi connectivity index (χ3v) is 5.09. The summed E-state index contributed by atoms with van der Waals surface area (Å²) in [5.74, 6) is 0.553. The molecule has 4 heteroatoms. The SMILES string of the molecule is CCNC(=O)C1Cc2ccccc2N1C(=O)CC1CCCCC1. The van der Waals surface area contributed by atoms with Crippen LogP contribution < -0.4 is 10.2 Å². The molecule has 3 rings (SSSR count). The molecule has 0 saturated heterocycles. The Kier molecular flexibility index (Phi) is 4.99. The Morgan fingerprint density at radius 1 is 1.17 bits per heavy atom. The number of nitrogens with one attached hydrogen (secondary N) is 1. The van der Waals surface area contributed by atoms with E-state index in [9.17, 15) is 9.59 Å². The molecule has 2 amide bonds. The highest BCUT2D eigenvalue weighted by molar-refractivity contribution is 6.03. The lowest BCUT2D eigenvalue weighted by molar-refractivity contribution is -0.126. The number of likely N-dealkylation sites (N-methyl/N-ethyl adjacent to an activating group) is 1. The predicted molar refractivity (Wildman–Crippen MR) is 91.3 cm³/mol. The van der Waals surface area contributed by atoms with Crippen molar-refractivity contribution in [3.8, 4) is 0 Å². The first-order valence-electron chi connectivity index (χ1n) is 8.88. The van der Waals surface area contributed by atoms with E-state index < -0.39 is 0 Å². The molecule has 124 valence electrons. The fraction of sp³-hybridized carbons (Fsp3) is 0.579. The summed E-state index contributed by atoms with van der Waals surface area (Å²) in [5, 5.41) is 2.88. The van der Waals surface area contributed by atoms with Crippen LogP contribution in [0.3, 0.4) is 0 Å². The summed E-state index contributed by atoms with van der Waals surface area (Å²) >= 11 is 0. The van der Waals surface area contributed by atoms with Gasteiger partial charge in [-0.25, -0.2) is 0 Å². The van der Waals surface area contributed by atoms with E-state index in [1.54, 1.807) is 4.90 Å². The summed E-state index contributed by atoms with van der Waals surface area (Å²) in [6, 6.07) is 7.52. The summed E-state index contributed by atoms with van der Waals surface area (Å²) in [5.41, 5.74) is 2.02. The van der Waals surface area contributed by atoms with E-state index in [1.165, 1.54) is 19.3 Å². The van der Waals surface area contributed by atoms with Crippen LogP contribution in [0.15, 0.2) is 24.3 Å². The van der Waals surface area contributed by atoms with Crippen LogP contribution >= 0.6 is 0 Å². The first kappa shape index (κ1) is 16.0. The lowest BCUT2D eigenvalue weighted by Crippen LogP contribution is -2.48. The van der Waals surface area contributed by atoms with Gasteiger partial charge in [-0.15, -0.1) is 0 Å². The summed E-state index contributed by atoms with van der Waals surface area (Å²) in [7, 11) is 0. The van der Waals surface area contributed by atoms with Gasteiger partial charge in [-0.3, -0.25) is 14.5 Å². The zero-order valence-corrected chi connectivity index (χ0v) is 13.9. The zero-order valence-electron chi connectivity index (χ0n) is 13.9. The second-order valence-corrected chi connectivity index (χ2v) is 6.72. The average molecular weight is 314 g/mol. The minimum Gasteiger partial charge on any atom is -0.355 e. The molecule has 1 heterocycles. The molecule has 1 atom stereocenters. The lowest BCUT2D eigenvalue weighted by Gasteiger charge is -2.28. The third-order valence-electron chi connectivity index (χ3n) is 5.09. The fourth-order valence-corrected chi connectivity index (χ4v) is 3.93. The molecule has 23 heavy (non-hydrogen) atoms. The third kappa shape index (κ3) is 3.41. The minimum absolute atomic E-state index is 0.0410. The van der Waals surface area contributed by atoms with E-state index in [0.29, 0.717) is 25.3 Å². The van der Waals surface area contributed by atoms with Gasteiger partial charge in [-0.2, -0.15) is 0 Å². The maximum absolute atomic E-state index is 12.9. The quantitative estimate of drug-likeness (QED) is 0.928. The van der Waals surface area contributed by atoms with E-state index in [0.717, 1.165) is 24.1 Å². The number of para-hydroxylation sites is 1. The molecule has 1 unspecified atom stereocenters. The number of anilines is 1. The summed E-state index contributed by atoms with van der Waals surface area (Å²) in [4.78, 5) is 27.1. The highest BCUT2D eigenvalue weighted by Crippen LogP contribution is 2.34. The van der Waals surface area contributed by atoms with Gasteiger partial charge < -0.3 is 5.32 Å².